The van der Waals surface area contributed by atoms with Crippen LogP contribution < -0.4 is 5.73 Å². The zero-order valence-electron chi connectivity index (χ0n) is 5.46. The van der Waals surface area contributed by atoms with E-state index in [9.17, 15) is 0 Å². The van der Waals surface area contributed by atoms with Crippen molar-refractivity contribution in [2.45, 2.75) is 6.42 Å². The Bertz CT molecular complexity index is 114. The molecule has 0 bridgehead atoms. The van der Waals surface area contributed by atoms with Gasteiger partial charge in [-0.15, -0.1) is 0 Å². The SMILES string of the molecule is C=N/C=C\C=C/CCN. The van der Waals surface area contributed by atoms with E-state index < -0.39 is 0 Å². The van der Waals surface area contributed by atoms with Crippen molar-refractivity contribution in [1.82, 2.24) is 0 Å². The molecule has 0 heterocycles. The molecule has 2 heteroatoms. The van der Waals surface area contributed by atoms with Gasteiger partial charge in [0.25, 0.3) is 0 Å². The molecule has 0 aliphatic heterocycles. The lowest BCUT2D eigenvalue weighted by molar-refractivity contribution is 1.01. The highest BCUT2D eigenvalue weighted by molar-refractivity contribution is 5.26. The van der Waals surface area contributed by atoms with Gasteiger partial charge in [0.1, 0.15) is 0 Å². The molecule has 0 saturated carbocycles. The molecule has 0 amide bonds. The molecule has 9 heavy (non-hydrogen) atoms. The van der Waals surface area contributed by atoms with Crippen molar-refractivity contribution in [3.8, 4) is 0 Å². The van der Waals surface area contributed by atoms with Gasteiger partial charge in [-0.1, -0.05) is 12.2 Å². The van der Waals surface area contributed by atoms with Crippen LogP contribution in [0.1, 0.15) is 6.42 Å². The first-order valence-corrected chi connectivity index (χ1v) is 2.89. The molecule has 0 fully saturated rings. The van der Waals surface area contributed by atoms with E-state index in [0.29, 0.717) is 6.54 Å². The Hall–Kier alpha value is -0.890. The molecule has 0 aliphatic rings. The van der Waals surface area contributed by atoms with E-state index in [0.717, 1.165) is 6.42 Å². The topological polar surface area (TPSA) is 38.4 Å². The molecule has 0 spiro atoms. The zero-order chi connectivity index (χ0) is 6.95. The van der Waals surface area contributed by atoms with E-state index >= 15 is 0 Å². The summed E-state index contributed by atoms with van der Waals surface area (Å²) in [4.78, 5) is 3.52. The normalized spacial score (nSPS) is 11.2. The van der Waals surface area contributed by atoms with Gasteiger partial charge in [-0.05, 0) is 25.8 Å². The number of allylic oxidation sites excluding steroid dienone is 2. The monoisotopic (exact) mass is 124 g/mol. The van der Waals surface area contributed by atoms with E-state index in [1.54, 1.807) is 6.20 Å². The molecule has 0 saturated heterocycles. The van der Waals surface area contributed by atoms with Crippen LogP contribution in [0.4, 0.5) is 0 Å². The molecular formula is C7H12N2. The first kappa shape index (κ1) is 8.11. The Morgan fingerprint density at radius 3 is 2.78 bits per heavy atom. The lowest BCUT2D eigenvalue weighted by Gasteiger charge is -1.79. The minimum Gasteiger partial charge on any atom is -0.330 e. The predicted molar refractivity (Wildman–Crippen MR) is 41.5 cm³/mol. The zero-order valence-corrected chi connectivity index (χ0v) is 5.46. The minimum atomic E-state index is 0.700. The summed E-state index contributed by atoms with van der Waals surface area (Å²) in [6.07, 6.45) is 8.26. The fourth-order valence-corrected chi connectivity index (χ4v) is 0.382. The lowest BCUT2D eigenvalue weighted by Crippen LogP contribution is -1.94. The first-order valence-electron chi connectivity index (χ1n) is 2.89. The van der Waals surface area contributed by atoms with Crippen LogP contribution in [-0.2, 0) is 0 Å². The van der Waals surface area contributed by atoms with Gasteiger partial charge in [0, 0.05) is 6.20 Å². The van der Waals surface area contributed by atoms with Crippen molar-refractivity contribution >= 4 is 6.72 Å². The fraction of sp³-hybridized carbons (Fsp3) is 0.286. The number of aliphatic imine (C=N–C) groups is 1. The maximum atomic E-state index is 5.23. The van der Waals surface area contributed by atoms with Gasteiger partial charge in [0.2, 0.25) is 0 Å². The Morgan fingerprint density at radius 2 is 2.22 bits per heavy atom. The predicted octanol–water partition coefficient (Wildman–Crippen LogP) is 1.11. The fourth-order valence-electron chi connectivity index (χ4n) is 0.382. The number of rotatable bonds is 4. The van der Waals surface area contributed by atoms with Crippen LogP contribution in [-0.4, -0.2) is 13.3 Å². The number of nitrogens with zero attached hydrogens (tertiary/aromatic N) is 1. The van der Waals surface area contributed by atoms with E-state index in [4.69, 9.17) is 5.73 Å². The molecule has 0 aliphatic carbocycles. The maximum absolute atomic E-state index is 5.23. The summed E-state index contributed by atoms with van der Waals surface area (Å²) in [7, 11) is 0. The Labute approximate surface area is 55.8 Å². The van der Waals surface area contributed by atoms with Crippen LogP contribution in [0, 0.1) is 0 Å². The van der Waals surface area contributed by atoms with Crippen LogP contribution in [0.2, 0.25) is 0 Å². The highest BCUT2D eigenvalue weighted by atomic mass is 14.6. The molecule has 0 rings (SSSR count). The summed E-state index contributed by atoms with van der Waals surface area (Å²) < 4.78 is 0. The molecular weight excluding hydrogens is 112 g/mol. The van der Waals surface area contributed by atoms with Gasteiger partial charge < -0.3 is 5.73 Å². The quantitative estimate of drug-likeness (QED) is 0.442. The van der Waals surface area contributed by atoms with Gasteiger partial charge in [0.05, 0.1) is 0 Å². The van der Waals surface area contributed by atoms with E-state index in [1.165, 1.54) is 0 Å². The second-order valence-corrected chi connectivity index (χ2v) is 1.53. The highest BCUT2D eigenvalue weighted by Crippen LogP contribution is 1.80. The van der Waals surface area contributed by atoms with Crippen molar-refractivity contribution in [2.75, 3.05) is 6.54 Å². The van der Waals surface area contributed by atoms with Crippen molar-refractivity contribution < 1.29 is 0 Å². The van der Waals surface area contributed by atoms with Gasteiger partial charge in [-0.25, -0.2) is 0 Å². The van der Waals surface area contributed by atoms with Crippen LogP contribution in [0.5, 0.6) is 0 Å². The highest BCUT2D eigenvalue weighted by Gasteiger charge is 1.67. The number of hydrogen-bond acceptors (Lipinski definition) is 2. The Morgan fingerprint density at radius 1 is 1.44 bits per heavy atom. The van der Waals surface area contributed by atoms with Crippen LogP contribution in [0.15, 0.2) is 29.4 Å². The van der Waals surface area contributed by atoms with Gasteiger partial charge >= 0.3 is 0 Å². The van der Waals surface area contributed by atoms with E-state index in [1.807, 2.05) is 18.2 Å². The smallest absolute Gasteiger partial charge is 0.0260 e. The molecule has 0 unspecified atom stereocenters. The molecule has 0 aromatic heterocycles. The second kappa shape index (κ2) is 7.11. The molecule has 2 nitrogen and oxygen atoms in total. The first-order chi connectivity index (χ1) is 4.41. The molecule has 50 valence electrons. The summed E-state index contributed by atoms with van der Waals surface area (Å²) >= 11 is 0. The standard InChI is InChI=1S/C7H12N2/c1-9-7-5-3-2-4-6-8/h2-3,5,7H,1,4,6,8H2/b3-2-,7-5-. The number of nitrogens with two attached hydrogens (primary N) is 1. The summed E-state index contributed by atoms with van der Waals surface area (Å²) in [6, 6.07) is 0. The third-order valence-corrected chi connectivity index (χ3v) is 0.772. The second-order valence-electron chi connectivity index (χ2n) is 1.53. The molecule has 0 aromatic carbocycles. The molecule has 2 N–H and O–H groups in total. The van der Waals surface area contributed by atoms with Gasteiger partial charge in [-0.3, -0.25) is 4.99 Å². The Balaban J connectivity index is 3.23. The molecule has 0 atom stereocenters. The van der Waals surface area contributed by atoms with Gasteiger partial charge in [0.15, 0.2) is 0 Å². The average molecular weight is 124 g/mol. The van der Waals surface area contributed by atoms with Gasteiger partial charge in [-0.2, -0.15) is 0 Å². The van der Waals surface area contributed by atoms with Crippen molar-refractivity contribution in [2.24, 2.45) is 10.7 Å². The summed E-state index contributed by atoms with van der Waals surface area (Å²) in [5.74, 6) is 0. The van der Waals surface area contributed by atoms with Crippen LogP contribution in [0.3, 0.4) is 0 Å². The minimum absolute atomic E-state index is 0.700. The Kier molecular flexibility index (Phi) is 6.41. The lowest BCUT2D eigenvalue weighted by atomic mass is 10.4. The van der Waals surface area contributed by atoms with Crippen LogP contribution >= 0.6 is 0 Å². The van der Waals surface area contributed by atoms with E-state index in [-0.39, 0.29) is 0 Å². The average Bonchev–Trinajstić information content (AvgIpc) is 1.89. The maximum Gasteiger partial charge on any atom is 0.0260 e. The van der Waals surface area contributed by atoms with Crippen molar-refractivity contribution in [3.05, 3.63) is 24.4 Å². The van der Waals surface area contributed by atoms with Crippen LogP contribution in [0.25, 0.3) is 0 Å². The van der Waals surface area contributed by atoms with E-state index in [2.05, 4.69) is 11.7 Å². The van der Waals surface area contributed by atoms with Crippen molar-refractivity contribution in [1.29, 1.82) is 0 Å². The molecule has 0 aromatic rings. The summed E-state index contributed by atoms with van der Waals surface area (Å²) in [5.41, 5.74) is 5.23. The third kappa shape index (κ3) is 7.11. The molecule has 0 radical (unpaired) electrons. The largest absolute Gasteiger partial charge is 0.330 e. The summed E-state index contributed by atoms with van der Waals surface area (Å²) in [5, 5.41) is 0. The number of hydrogen-bond donors (Lipinski definition) is 1. The van der Waals surface area contributed by atoms with Crippen molar-refractivity contribution in [3.63, 3.8) is 0 Å². The third-order valence-electron chi connectivity index (χ3n) is 0.772. The summed E-state index contributed by atoms with van der Waals surface area (Å²) in [6.45, 7) is 3.98.